The van der Waals surface area contributed by atoms with Gasteiger partial charge in [-0.05, 0) is 36.4 Å². The average Bonchev–Trinajstić information content (AvgIpc) is 2.93. The Bertz CT molecular complexity index is 629. The van der Waals surface area contributed by atoms with Gasteiger partial charge < -0.3 is 4.74 Å². The van der Waals surface area contributed by atoms with Crippen LogP contribution in [-0.2, 0) is 14.3 Å². The number of para-hydroxylation sites is 1. The van der Waals surface area contributed by atoms with E-state index in [-0.39, 0.29) is 12.4 Å². The third-order valence-electron chi connectivity index (χ3n) is 2.53. The molecule has 0 saturated heterocycles. The highest BCUT2D eigenvalue weighted by Crippen LogP contribution is 2.24. The van der Waals surface area contributed by atoms with E-state index in [1.165, 1.54) is 11.6 Å². The second kappa shape index (κ2) is 6.98. The van der Waals surface area contributed by atoms with Crippen molar-refractivity contribution < 1.29 is 14.3 Å². The molecule has 1 unspecified atom stereocenters. The Kier molecular flexibility index (Phi) is 5.04. The Morgan fingerprint density at radius 2 is 2.05 bits per heavy atom. The molecule has 7 nitrogen and oxygen atoms in total. The number of benzene rings is 1. The van der Waals surface area contributed by atoms with Gasteiger partial charge >= 0.3 is 5.97 Å². The number of ketones is 1. The van der Waals surface area contributed by atoms with Gasteiger partial charge in [-0.1, -0.05) is 30.0 Å². The van der Waals surface area contributed by atoms with Crippen molar-refractivity contribution in [1.29, 1.82) is 0 Å². The van der Waals surface area contributed by atoms with Crippen molar-refractivity contribution in [2.75, 3.05) is 6.61 Å². The Hall–Kier alpha value is -2.22. The molecule has 8 heteroatoms. The zero-order chi connectivity index (χ0) is 15.2. The summed E-state index contributed by atoms with van der Waals surface area (Å²) in [5, 5.41) is 10.7. The van der Waals surface area contributed by atoms with Crippen LogP contribution < -0.4 is 0 Å². The Balaban J connectivity index is 2.25. The van der Waals surface area contributed by atoms with E-state index < -0.39 is 11.2 Å². The predicted molar refractivity (Wildman–Crippen MR) is 76.1 cm³/mol. The lowest BCUT2D eigenvalue weighted by atomic mass is 10.3. The van der Waals surface area contributed by atoms with Gasteiger partial charge in [0.15, 0.2) is 11.0 Å². The van der Waals surface area contributed by atoms with Crippen LogP contribution in [0.2, 0.25) is 0 Å². The maximum absolute atomic E-state index is 11.8. The lowest BCUT2D eigenvalue weighted by Crippen LogP contribution is -2.27. The molecule has 21 heavy (non-hydrogen) atoms. The second-order valence-corrected chi connectivity index (χ2v) is 5.14. The maximum Gasteiger partial charge on any atom is 0.327 e. The van der Waals surface area contributed by atoms with Gasteiger partial charge in [0.1, 0.15) is 0 Å². The molecule has 0 fully saturated rings. The zero-order valence-electron chi connectivity index (χ0n) is 11.6. The van der Waals surface area contributed by atoms with E-state index in [4.69, 9.17) is 4.74 Å². The highest BCUT2D eigenvalue weighted by Gasteiger charge is 2.28. The van der Waals surface area contributed by atoms with Gasteiger partial charge in [-0.25, -0.2) is 0 Å². The number of tetrazole rings is 1. The summed E-state index contributed by atoms with van der Waals surface area (Å²) in [6.07, 6.45) is 0. The minimum atomic E-state index is -0.974. The molecule has 0 aliphatic heterocycles. The molecule has 0 bridgehead atoms. The van der Waals surface area contributed by atoms with Crippen LogP contribution in [0.25, 0.3) is 5.69 Å². The highest BCUT2D eigenvalue weighted by molar-refractivity contribution is 8.01. The molecule has 1 heterocycles. The molecule has 1 atom stereocenters. The fraction of sp³-hybridized carbons (Fsp3) is 0.308. The van der Waals surface area contributed by atoms with Crippen LogP contribution in [0.3, 0.4) is 0 Å². The van der Waals surface area contributed by atoms with E-state index in [2.05, 4.69) is 15.5 Å². The Morgan fingerprint density at radius 3 is 2.67 bits per heavy atom. The van der Waals surface area contributed by atoms with Crippen LogP contribution in [0, 0.1) is 0 Å². The van der Waals surface area contributed by atoms with E-state index in [0.29, 0.717) is 5.16 Å². The smallest absolute Gasteiger partial charge is 0.327 e. The monoisotopic (exact) mass is 306 g/mol. The van der Waals surface area contributed by atoms with E-state index in [1.54, 1.807) is 6.92 Å². The van der Waals surface area contributed by atoms with Gasteiger partial charge in [0.2, 0.25) is 5.16 Å². The molecule has 110 valence electrons. The first-order chi connectivity index (χ1) is 10.1. The molecule has 0 radical (unpaired) electrons. The molecule has 2 rings (SSSR count). The third kappa shape index (κ3) is 3.66. The number of thioether (sulfide) groups is 1. The topological polar surface area (TPSA) is 87.0 Å². The van der Waals surface area contributed by atoms with Gasteiger partial charge in [-0.2, -0.15) is 4.68 Å². The molecule has 0 aliphatic carbocycles. The molecular weight excluding hydrogens is 292 g/mol. The van der Waals surface area contributed by atoms with Crippen molar-refractivity contribution >= 4 is 23.5 Å². The van der Waals surface area contributed by atoms with Gasteiger partial charge in [-0.3, -0.25) is 9.59 Å². The normalized spacial score (nSPS) is 11.9. The van der Waals surface area contributed by atoms with Crippen LogP contribution in [-0.4, -0.2) is 43.8 Å². The number of hydrogen-bond acceptors (Lipinski definition) is 7. The van der Waals surface area contributed by atoms with Gasteiger partial charge in [0.25, 0.3) is 0 Å². The van der Waals surface area contributed by atoms with Crippen molar-refractivity contribution in [2.45, 2.75) is 24.3 Å². The maximum atomic E-state index is 11.8. The number of ether oxygens (including phenoxy) is 1. The lowest BCUT2D eigenvalue weighted by molar-refractivity contribution is -0.144. The van der Waals surface area contributed by atoms with E-state index in [9.17, 15) is 9.59 Å². The number of Topliss-reactive ketones (excluding diaryl/α,β-unsaturated/α-hetero) is 1. The van der Waals surface area contributed by atoms with Crippen LogP contribution >= 0.6 is 11.8 Å². The van der Waals surface area contributed by atoms with Crippen molar-refractivity contribution in [3.63, 3.8) is 0 Å². The predicted octanol–water partition coefficient (Wildman–Crippen LogP) is 1.28. The number of esters is 1. The summed E-state index contributed by atoms with van der Waals surface area (Å²) in [7, 11) is 0. The first kappa shape index (κ1) is 15.2. The first-order valence-corrected chi connectivity index (χ1v) is 7.19. The van der Waals surface area contributed by atoms with Gasteiger partial charge in [0, 0.05) is 0 Å². The first-order valence-electron chi connectivity index (χ1n) is 6.31. The van der Waals surface area contributed by atoms with Crippen molar-refractivity contribution in [1.82, 2.24) is 20.2 Å². The van der Waals surface area contributed by atoms with E-state index in [0.717, 1.165) is 17.4 Å². The molecule has 0 N–H and O–H groups in total. The molecule has 2 aromatic rings. The molecule has 0 amide bonds. The minimum absolute atomic E-state index is 0.215. The lowest BCUT2D eigenvalue weighted by Gasteiger charge is -2.11. The number of rotatable bonds is 6. The molecule has 0 saturated carbocycles. The molecule has 1 aromatic heterocycles. The summed E-state index contributed by atoms with van der Waals surface area (Å²) in [6.45, 7) is 3.24. The number of carbonyl (C=O) groups is 2. The number of hydrogen-bond donors (Lipinski definition) is 0. The van der Waals surface area contributed by atoms with Crippen molar-refractivity contribution in [2.24, 2.45) is 0 Å². The molecular formula is C13H14N4O3S. The van der Waals surface area contributed by atoms with Crippen molar-refractivity contribution in [3.8, 4) is 5.69 Å². The summed E-state index contributed by atoms with van der Waals surface area (Å²) in [5.41, 5.74) is 0.746. The molecule has 0 aliphatic rings. The molecule has 0 spiro atoms. The summed E-state index contributed by atoms with van der Waals surface area (Å²) < 4.78 is 6.37. The van der Waals surface area contributed by atoms with E-state index >= 15 is 0 Å². The number of nitrogens with zero attached hydrogens (tertiary/aromatic N) is 4. The van der Waals surface area contributed by atoms with E-state index in [1.807, 2.05) is 30.3 Å². The van der Waals surface area contributed by atoms with Crippen molar-refractivity contribution in [3.05, 3.63) is 30.3 Å². The fourth-order valence-electron chi connectivity index (χ4n) is 1.60. The molecule has 1 aromatic carbocycles. The second-order valence-electron chi connectivity index (χ2n) is 4.07. The van der Waals surface area contributed by atoms with Crippen LogP contribution in [0.4, 0.5) is 0 Å². The standard InChI is InChI=1S/C13H14N4O3S/c1-3-20-12(19)11(9(2)18)21-13-14-15-16-17(13)10-7-5-4-6-8-10/h4-8,11H,3H2,1-2H3. The summed E-state index contributed by atoms with van der Waals surface area (Å²) in [6, 6.07) is 9.22. The van der Waals surface area contributed by atoms with Crippen LogP contribution in [0.5, 0.6) is 0 Å². The zero-order valence-corrected chi connectivity index (χ0v) is 12.4. The number of carbonyl (C=O) groups excluding carboxylic acids is 2. The Labute approximate surface area is 125 Å². The third-order valence-corrected chi connectivity index (χ3v) is 3.76. The van der Waals surface area contributed by atoms with Crippen LogP contribution in [0.15, 0.2) is 35.5 Å². The average molecular weight is 306 g/mol. The largest absolute Gasteiger partial charge is 0.465 e. The fourth-order valence-corrected chi connectivity index (χ4v) is 2.47. The highest BCUT2D eigenvalue weighted by atomic mass is 32.2. The minimum Gasteiger partial charge on any atom is -0.465 e. The SMILES string of the molecule is CCOC(=O)C(Sc1nnnn1-c1ccccc1)C(C)=O. The summed E-state index contributed by atoms with van der Waals surface area (Å²) in [5.74, 6) is -0.890. The van der Waals surface area contributed by atoms with Gasteiger partial charge in [-0.15, -0.1) is 5.10 Å². The summed E-state index contributed by atoms with van der Waals surface area (Å²) in [4.78, 5) is 23.5. The summed E-state index contributed by atoms with van der Waals surface area (Å²) >= 11 is 0.976. The number of aromatic nitrogens is 4. The quantitative estimate of drug-likeness (QED) is 0.451. The Morgan fingerprint density at radius 1 is 1.33 bits per heavy atom. The van der Waals surface area contributed by atoms with Gasteiger partial charge in [0.05, 0.1) is 12.3 Å². The van der Waals surface area contributed by atoms with Crippen LogP contribution in [0.1, 0.15) is 13.8 Å².